The van der Waals surface area contributed by atoms with Crippen LogP contribution >= 0.6 is 23.5 Å². The SMILES string of the molecule is C=C1CC(C2CCCCC2)C(=O)NCCSCc2cccc(c2)CSCC(=O)N2CCCC12. The molecule has 3 aliphatic rings. The number of thioether (sulfide) groups is 2. The summed E-state index contributed by atoms with van der Waals surface area (Å²) in [5.41, 5.74) is 3.67. The molecule has 33 heavy (non-hydrogen) atoms. The molecular formula is C27H38N2O2S2. The van der Waals surface area contributed by atoms with Gasteiger partial charge in [-0.05, 0) is 49.1 Å². The molecule has 2 fully saturated rings. The standard InChI is InChI=1S/C27H38N2O2S2/c1-20-15-24(23-9-3-2-4-10-23)27(31)28-12-14-32-17-21-7-5-8-22(16-21)18-33-19-26(30)29-13-6-11-25(20)29/h5,7-8,16,23-25H,1-4,6,9-15,17-19H2,(H,28,31). The lowest BCUT2D eigenvalue weighted by molar-refractivity contribution is -0.128. The number of amides is 2. The third kappa shape index (κ3) is 6.82. The van der Waals surface area contributed by atoms with E-state index < -0.39 is 0 Å². The van der Waals surface area contributed by atoms with Crippen LogP contribution in [0.2, 0.25) is 0 Å². The van der Waals surface area contributed by atoms with E-state index in [9.17, 15) is 9.59 Å². The highest BCUT2D eigenvalue weighted by atomic mass is 32.2. The third-order valence-corrected chi connectivity index (χ3v) is 9.40. The molecule has 1 saturated carbocycles. The largest absolute Gasteiger partial charge is 0.355 e. The van der Waals surface area contributed by atoms with Gasteiger partial charge in [0.25, 0.3) is 0 Å². The van der Waals surface area contributed by atoms with Crippen LogP contribution in [-0.2, 0) is 21.1 Å². The van der Waals surface area contributed by atoms with E-state index in [0.717, 1.165) is 61.5 Å². The zero-order valence-electron chi connectivity index (χ0n) is 19.7. The van der Waals surface area contributed by atoms with Crippen LogP contribution in [0.3, 0.4) is 0 Å². The van der Waals surface area contributed by atoms with Gasteiger partial charge in [-0.2, -0.15) is 11.8 Å². The van der Waals surface area contributed by atoms with Gasteiger partial charge in [0.15, 0.2) is 0 Å². The second-order valence-corrected chi connectivity index (χ2v) is 11.9. The molecule has 2 aliphatic heterocycles. The number of nitrogens with zero attached hydrogens (tertiary/aromatic N) is 1. The zero-order valence-corrected chi connectivity index (χ0v) is 21.4. The number of fused-ring (bicyclic) bond motifs is 3. The summed E-state index contributed by atoms with van der Waals surface area (Å²) < 4.78 is 0. The van der Waals surface area contributed by atoms with Crippen molar-refractivity contribution in [2.45, 2.75) is 68.9 Å². The molecule has 1 N–H and O–H groups in total. The maximum Gasteiger partial charge on any atom is 0.233 e. The molecule has 1 saturated heterocycles. The predicted molar refractivity (Wildman–Crippen MR) is 140 cm³/mol. The van der Waals surface area contributed by atoms with Gasteiger partial charge >= 0.3 is 0 Å². The van der Waals surface area contributed by atoms with Gasteiger partial charge in [0.05, 0.1) is 11.8 Å². The lowest BCUT2D eigenvalue weighted by Gasteiger charge is -2.33. The Balaban J connectivity index is 1.50. The summed E-state index contributed by atoms with van der Waals surface area (Å²) in [7, 11) is 0. The number of rotatable bonds is 1. The van der Waals surface area contributed by atoms with Crippen LogP contribution in [0.4, 0.5) is 0 Å². The van der Waals surface area contributed by atoms with Crippen molar-refractivity contribution >= 4 is 35.3 Å². The normalized spacial score (nSPS) is 26.9. The average molecular weight is 487 g/mol. The van der Waals surface area contributed by atoms with Crippen LogP contribution < -0.4 is 5.32 Å². The first-order valence-corrected chi connectivity index (χ1v) is 14.9. The van der Waals surface area contributed by atoms with Gasteiger partial charge in [0.2, 0.25) is 11.8 Å². The smallest absolute Gasteiger partial charge is 0.233 e. The molecule has 1 aromatic carbocycles. The van der Waals surface area contributed by atoms with Crippen LogP contribution in [-0.4, -0.2) is 47.4 Å². The van der Waals surface area contributed by atoms with Gasteiger partial charge in [0.1, 0.15) is 0 Å². The Kier molecular flexibility index (Phi) is 9.25. The van der Waals surface area contributed by atoms with Crippen molar-refractivity contribution in [1.82, 2.24) is 10.2 Å². The molecule has 4 nitrogen and oxygen atoms in total. The van der Waals surface area contributed by atoms with E-state index in [0.29, 0.717) is 18.2 Å². The molecular weight excluding hydrogens is 448 g/mol. The Labute approximate surface area is 207 Å². The van der Waals surface area contributed by atoms with Crippen LogP contribution in [0.25, 0.3) is 0 Å². The van der Waals surface area contributed by atoms with Crippen LogP contribution in [0, 0.1) is 11.8 Å². The minimum Gasteiger partial charge on any atom is -0.355 e. The van der Waals surface area contributed by atoms with Crippen molar-refractivity contribution in [3.05, 3.63) is 47.5 Å². The summed E-state index contributed by atoms with van der Waals surface area (Å²) >= 11 is 3.58. The van der Waals surface area contributed by atoms with Gasteiger partial charge < -0.3 is 10.2 Å². The van der Waals surface area contributed by atoms with E-state index >= 15 is 0 Å². The molecule has 2 heterocycles. The number of benzene rings is 1. The molecule has 2 atom stereocenters. The molecule has 0 radical (unpaired) electrons. The monoisotopic (exact) mass is 486 g/mol. The lowest BCUT2D eigenvalue weighted by Crippen LogP contribution is -2.41. The fourth-order valence-corrected chi connectivity index (χ4v) is 7.30. The quantitative estimate of drug-likeness (QED) is 0.539. The molecule has 1 aliphatic carbocycles. The maximum absolute atomic E-state index is 13.3. The predicted octanol–water partition coefficient (Wildman–Crippen LogP) is 5.42. The lowest BCUT2D eigenvalue weighted by atomic mass is 9.76. The number of nitrogens with one attached hydrogen (secondary N) is 1. The van der Waals surface area contributed by atoms with E-state index in [2.05, 4.69) is 36.2 Å². The Bertz CT molecular complexity index is 837. The second-order valence-electron chi connectivity index (χ2n) is 9.77. The highest BCUT2D eigenvalue weighted by Crippen LogP contribution is 2.36. The Hall–Kier alpha value is -1.40. The fraction of sp³-hybridized carbons (Fsp3) is 0.630. The van der Waals surface area contributed by atoms with Gasteiger partial charge in [-0.3, -0.25) is 9.59 Å². The first kappa shape index (κ1) is 24.7. The van der Waals surface area contributed by atoms with Crippen molar-refractivity contribution < 1.29 is 9.59 Å². The number of hydrogen-bond acceptors (Lipinski definition) is 4. The second kappa shape index (κ2) is 12.3. The molecule has 2 bridgehead atoms. The summed E-state index contributed by atoms with van der Waals surface area (Å²) in [5, 5.41) is 3.25. The Morgan fingerprint density at radius 2 is 1.70 bits per heavy atom. The summed E-state index contributed by atoms with van der Waals surface area (Å²) in [6.45, 7) is 5.96. The first-order chi connectivity index (χ1) is 16.1. The van der Waals surface area contributed by atoms with Crippen molar-refractivity contribution in [1.29, 1.82) is 0 Å². The molecule has 2 unspecified atom stereocenters. The van der Waals surface area contributed by atoms with Gasteiger partial charge in [-0.1, -0.05) is 55.7 Å². The van der Waals surface area contributed by atoms with Crippen molar-refractivity contribution in [2.24, 2.45) is 11.8 Å². The third-order valence-electron chi connectivity index (χ3n) is 7.38. The van der Waals surface area contributed by atoms with Crippen molar-refractivity contribution in [2.75, 3.05) is 24.6 Å². The van der Waals surface area contributed by atoms with Gasteiger partial charge in [-0.25, -0.2) is 0 Å². The van der Waals surface area contributed by atoms with Crippen molar-refractivity contribution in [3.8, 4) is 0 Å². The average Bonchev–Trinajstić information content (AvgIpc) is 3.33. The summed E-state index contributed by atoms with van der Waals surface area (Å²) in [4.78, 5) is 28.4. The van der Waals surface area contributed by atoms with Gasteiger partial charge in [-0.15, -0.1) is 11.8 Å². The Morgan fingerprint density at radius 3 is 2.48 bits per heavy atom. The summed E-state index contributed by atoms with van der Waals surface area (Å²) in [6.07, 6.45) is 8.73. The topological polar surface area (TPSA) is 49.4 Å². The number of carbonyl (C=O) groups is 2. The number of hydrogen-bond donors (Lipinski definition) is 1. The van der Waals surface area contributed by atoms with Crippen LogP contribution in [0.5, 0.6) is 0 Å². The van der Waals surface area contributed by atoms with E-state index in [1.807, 2.05) is 16.7 Å². The molecule has 1 aromatic rings. The van der Waals surface area contributed by atoms with Crippen LogP contribution in [0.15, 0.2) is 36.4 Å². The van der Waals surface area contributed by atoms with E-state index in [4.69, 9.17) is 0 Å². The molecule has 6 heteroatoms. The zero-order chi connectivity index (χ0) is 23.0. The highest BCUT2D eigenvalue weighted by molar-refractivity contribution is 7.99. The number of carbonyl (C=O) groups excluding carboxylic acids is 2. The maximum atomic E-state index is 13.3. The molecule has 180 valence electrons. The molecule has 0 spiro atoms. The van der Waals surface area contributed by atoms with Crippen LogP contribution in [0.1, 0.15) is 62.5 Å². The molecule has 0 aromatic heterocycles. The molecule has 4 rings (SSSR count). The van der Waals surface area contributed by atoms with E-state index in [1.54, 1.807) is 11.8 Å². The molecule has 2 amide bonds. The first-order valence-electron chi connectivity index (χ1n) is 12.6. The minimum atomic E-state index is -0.00899. The Morgan fingerprint density at radius 1 is 0.939 bits per heavy atom. The highest BCUT2D eigenvalue weighted by Gasteiger charge is 2.35. The van der Waals surface area contributed by atoms with E-state index in [1.165, 1.54) is 30.4 Å². The summed E-state index contributed by atoms with van der Waals surface area (Å²) in [6, 6.07) is 8.78. The fourth-order valence-electron chi connectivity index (χ4n) is 5.63. The van der Waals surface area contributed by atoms with E-state index in [-0.39, 0.29) is 23.8 Å². The van der Waals surface area contributed by atoms with Gasteiger partial charge in [0, 0.05) is 36.3 Å². The summed E-state index contributed by atoms with van der Waals surface area (Å²) in [5.74, 6) is 4.09. The minimum absolute atomic E-state index is 0.00899. The van der Waals surface area contributed by atoms with Crippen molar-refractivity contribution in [3.63, 3.8) is 0 Å².